The van der Waals surface area contributed by atoms with Gasteiger partial charge in [-0.1, -0.05) is 60.1 Å². The van der Waals surface area contributed by atoms with E-state index in [4.69, 9.17) is 21.1 Å². The number of amides is 1. The maximum atomic E-state index is 13.4. The molecule has 1 amide bonds. The van der Waals surface area contributed by atoms with E-state index in [0.29, 0.717) is 35.9 Å². The quantitative estimate of drug-likeness (QED) is 0.515. The first-order valence-corrected chi connectivity index (χ1v) is 10.8. The average Bonchev–Trinajstić information content (AvgIpc) is 2.82. The normalized spacial score (nSPS) is 15.3. The van der Waals surface area contributed by atoms with E-state index in [9.17, 15) is 4.79 Å². The lowest BCUT2D eigenvalue weighted by atomic mass is 9.87. The van der Waals surface area contributed by atoms with Crippen LogP contribution in [0.4, 0.5) is 0 Å². The van der Waals surface area contributed by atoms with E-state index >= 15 is 0 Å². The van der Waals surface area contributed by atoms with Gasteiger partial charge in [-0.2, -0.15) is 0 Å². The number of benzene rings is 3. The summed E-state index contributed by atoms with van der Waals surface area (Å²) in [5.74, 6) is 1.47. The van der Waals surface area contributed by atoms with E-state index in [-0.39, 0.29) is 11.9 Å². The Morgan fingerprint density at radius 3 is 2.35 bits per heavy atom. The molecule has 4 nitrogen and oxygen atoms in total. The van der Waals surface area contributed by atoms with Gasteiger partial charge in [0, 0.05) is 18.0 Å². The van der Waals surface area contributed by atoms with Crippen LogP contribution in [0.2, 0.25) is 5.02 Å². The number of carbonyl (C=O) groups is 1. The molecule has 1 atom stereocenters. The van der Waals surface area contributed by atoms with Crippen LogP contribution in [0.15, 0.2) is 66.7 Å². The fourth-order valence-electron chi connectivity index (χ4n) is 4.29. The van der Waals surface area contributed by atoms with Crippen LogP contribution in [-0.2, 0) is 17.6 Å². The molecule has 0 saturated heterocycles. The SMILES string of the molecule is COc1cc2c(cc1OC)[C@@H](c1ccccc1Cl)N(C(=O)CCc1ccccc1)CC2. The average molecular weight is 436 g/mol. The van der Waals surface area contributed by atoms with Gasteiger partial charge in [-0.3, -0.25) is 4.79 Å². The number of hydrogen-bond acceptors (Lipinski definition) is 3. The molecule has 0 spiro atoms. The number of fused-ring (bicyclic) bond motifs is 1. The van der Waals surface area contributed by atoms with Gasteiger partial charge in [0.15, 0.2) is 11.5 Å². The van der Waals surface area contributed by atoms with Crippen LogP contribution < -0.4 is 9.47 Å². The molecule has 31 heavy (non-hydrogen) atoms. The van der Waals surface area contributed by atoms with Crippen LogP contribution in [0.3, 0.4) is 0 Å². The predicted molar refractivity (Wildman–Crippen MR) is 123 cm³/mol. The third-order valence-corrected chi connectivity index (χ3v) is 6.21. The molecule has 0 aliphatic carbocycles. The van der Waals surface area contributed by atoms with Crippen molar-refractivity contribution in [3.05, 3.63) is 94.0 Å². The number of ether oxygens (including phenoxy) is 2. The third-order valence-electron chi connectivity index (χ3n) is 5.86. The molecule has 0 N–H and O–H groups in total. The zero-order chi connectivity index (χ0) is 21.8. The first-order chi connectivity index (χ1) is 15.1. The highest BCUT2D eigenvalue weighted by Crippen LogP contribution is 2.42. The van der Waals surface area contributed by atoms with Crippen molar-refractivity contribution in [3.8, 4) is 11.5 Å². The number of nitrogens with zero attached hydrogens (tertiary/aromatic N) is 1. The number of halogens is 1. The maximum absolute atomic E-state index is 13.4. The molecule has 0 aromatic heterocycles. The second-order valence-corrected chi connectivity index (χ2v) is 8.06. The minimum absolute atomic E-state index is 0.120. The molecular weight excluding hydrogens is 410 g/mol. The summed E-state index contributed by atoms with van der Waals surface area (Å²) in [6, 6.07) is 21.6. The molecule has 160 valence electrons. The zero-order valence-corrected chi connectivity index (χ0v) is 18.6. The molecule has 1 heterocycles. The predicted octanol–water partition coefficient (Wildman–Crippen LogP) is 5.46. The van der Waals surface area contributed by atoms with Gasteiger partial charge < -0.3 is 14.4 Å². The summed E-state index contributed by atoms with van der Waals surface area (Å²) in [7, 11) is 3.26. The second-order valence-electron chi connectivity index (χ2n) is 7.65. The Morgan fingerprint density at radius 2 is 1.65 bits per heavy atom. The molecule has 0 bridgehead atoms. The van der Waals surface area contributed by atoms with Gasteiger partial charge in [-0.05, 0) is 53.3 Å². The summed E-state index contributed by atoms with van der Waals surface area (Å²) < 4.78 is 11.1. The van der Waals surface area contributed by atoms with E-state index in [1.807, 2.05) is 59.5 Å². The lowest BCUT2D eigenvalue weighted by Gasteiger charge is -2.38. The minimum atomic E-state index is -0.263. The smallest absolute Gasteiger partial charge is 0.223 e. The van der Waals surface area contributed by atoms with E-state index in [2.05, 4.69) is 12.1 Å². The number of carbonyl (C=O) groups excluding carboxylic acids is 1. The molecular formula is C26H26ClNO3. The van der Waals surface area contributed by atoms with Crippen molar-refractivity contribution >= 4 is 17.5 Å². The molecule has 0 fully saturated rings. The highest BCUT2D eigenvalue weighted by molar-refractivity contribution is 6.31. The summed E-state index contributed by atoms with van der Waals surface area (Å²) in [5, 5.41) is 0.649. The van der Waals surface area contributed by atoms with Crippen molar-refractivity contribution < 1.29 is 14.3 Å². The number of rotatable bonds is 6. The van der Waals surface area contributed by atoms with Crippen LogP contribution in [0.5, 0.6) is 11.5 Å². The third kappa shape index (κ3) is 4.40. The van der Waals surface area contributed by atoms with Crippen LogP contribution in [0.1, 0.15) is 34.7 Å². The molecule has 3 aromatic rings. The van der Waals surface area contributed by atoms with Gasteiger partial charge in [-0.25, -0.2) is 0 Å². The van der Waals surface area contributed by atoms with Crippen molar-refractivity contribution in [1.29, 1.82) is 0 Å². The first-order valence-electron chi connectivity index (χ1n) is 10.4. The number of hydrogen-bond donors (Lipinski definition) is 0. The van der Waals surface area contributed by atoms with Crippen molar-refractivity contribution in [2.75, 3.05) is 20.8 Å². The monoisotopic (exact) mass is 435 g/mol. The zero-order valence-electron chi connectivity index (χ0n) is 17.8. The molecule has 0 saturated carbocycles. The van der Waals surface area contributed by atoms with Gasteiger partial charge in [-0.15, -0.1) is 0 Å². The Balaban J connectivity index is 1.72. The molecule has 5 heteroatoms. The van der Waals surface area contributed by atoms with E-state index in [1.54, 1.807) is 14.2 Å². The fraction of sp³-hybridized carbons (Fsp3) is 0.269. The topological polar surface area (TPSA) is 38.8 Å². The highest BCUT2D eigenvalue weighted by atomic mass is 35.5. The molecule has 3 aromatic carbocycles. The summed E-state index contributed by atoms with van der Waals surface area (Å²) in [6.45, 7) is 0.631. The maximum Gasteiger partial charge on any atom is 0.223 e. The lowest BCUT2D eigenvalue weighted by molar-refractivity contribution is -0.133. The molecule has 4 rings (SSSR count). The summed E-state index contributed by atoms with van der Waals surface area (Å²) in [4.78, 5) is 15.3. The van der Waals surface area contributed by atoms with E-state index in [1.165, 1.54) is 0 Å². The fourth-order valence-corrected chi connectivity index (χ4v) is 4.53. The van der Waals surface area contributed by atoms with Crippen LogP contribution >= 0.6 is 11.6 Å². The van der Waals surface area contributed by atoms with Crippen LogP contribution in [0, 0.1) is 0 Å². The molecule has 0 radical (unpaired) electrons. The Morgan fingerprint density at radius 1 is 0.968 bits per heavy atom. The molecule has 0 unspecified atom stereocenters. The van der Waals surface area contributed by atoms with Crippen LogP contribution in [0.25, 0.3) is 0 Å². The lowest BCUT2D eigenvalue weighted by Crippen LogP contribution is -2.40. The molecule has 1 aliphatic rings. The van der Waals surface area contributed by atoms with Crippen LogP contribution in [-0.4, -0.2) is 31.6 Å². The van der Waals surface area contributed by atoms with E-state index in [0.717, 1.165) is 28.7 Å². The van der Waals surface area contributed by atoms with Gasteiger partial charge in [0.2, 0.25) is 5.91 Å². The highest BCUT2D eigenvalue weighted by Gasteiger charge is 2.34. The molecule has 1 aliphatic heterocycles. The van der Waals surface area contributed by atoms with Gasteiger partial charge in [0.05, 0.1) is 20.3 Å². The van der Waals surface area contributed by atoms with Gasteiger partial charge in [0.25, 0.3) is 0 Å². The second kappa shape index (κ2) is 9.44. The Kier molecular flexibility index (Phi) is 6.47. The first kappa shape index (κ1) is 21.3. The minimum Gasteiger partial charge on any atom is -0.493 e. The Hall–Kier alpha value is -2.98. The van der Waals surface area contributed by atoms with Gasteiger partial charge >= 0.3 is 0 Å². The summed E-state index contributed by atoms with van der Waals surface area (Å²) in [6.07, 6.45) is 1.92. The van der Waals surface area contributed by atoms with Crippen molar-refractivity contribution in [3.63, 3.8) is 0 Å². The number of methoxy groups -OCH3 is 2. The van der Waals surface area contributed by atoms with Crippen molar-refractivity contribution in [1.82, 2.24) is 4.90 Å². The Labute approximate surface area is 188 Å². The largest absolute Gasteiger partial charge is 0.493 e. The van der Waals surface area contributed by atoms with E-state index < -0.39 is 0 Å². The summed E-state index contributed by atoms with van der Waals surface area (Å²) >= 11 is 6.61. The standard InChI is InChI=1S/C26H26ClNO3/c1-30-23-16-19-14-15-28(25(29)13-12-18-8-4-3-5-9-18)26(21(19)17-24(23)31-2)20-10-6-7-11-22(20)27/h3-11,16-17,26H,12-15H2,1-2H3/t26-/m1/s1. The van der Waals surface area contributed by atoms with Crippen molar-refractivity contribution in [2.24, 2.45) is 0 Å². The summed E-state index contributed by atoms with van der Waals surface area (Å²) in [5.41, 5.74) is 4.26. The number of aryl methyl sites for hydroxylation is 1. The van der Waals surface area contributed by atoms with Gasteiger partial charge in [0.1, 0.15) is 0 Å². The Bertz CT molecular complexity index is 1070. The van der Waals surface area contributed by atoms with Crippen molar-refractivity contribution in [2.45, 2.75) is 25.3 Å².